The maximum absolute atomic E-state index is 12.8. The summed E-state index contributed by atoms with van der Waals surface area (Å²) in [5.74, 6) is -0.233. The van der Waals surface area contributed by atoms with Gasteiger partial charge in [0, 0.05) is 44.4 Å². The van der Waals surface area contributed by atoms with Gasteiger partial charge in [0.2, 0.25) is 5.91 Å². The van der Waals surface area contributed by atoms with Gasteiger partial charge < -0.3 is 10.1 Å². The molecule has 9 heteroatoms. The number of nitrogens with one attached hydrogen (secondary N) is 1. The Bertz CT molecular complexity index is 855. The normalized spacial score (nSPS) is 25.9. The summed E-state index contributed by atoms with van der Waals surface area (Å²) in [5, 5.41) is 3.03. The van der Waals surface area contributed by atoms with Crippen molar-refractivity contribution >= 4 is 21.7 Å². The maximum Gasteiger partial charge on any atom is 0.305 e. The van der Waals surface area contributed by atoms with Crippen LogP contribution in [-0.4, -0.2) is 81.7 Å². The van der Waals surface area contributed by atoms with Crippen LogP contribution in [0.15, 0.2) is 29.2 Å². The Kier molecular flexibility index (Phi) is 6.60. The second-order valence-electron chi connectivity index (χ2n) is 7.87. The van der Waals surface area contributed by atoms with E-state index in [4.69, 9.17) is 4.74 Å². The second-order valence-corrected chi connectivity index (χ2v) is 9.88. The second kappa shape index (κ2) is 8.81. The van der Waals surface area contributed by atoms with E-state index in [-0.39, 0.29) is 30.0 Å². The van der Waals surface area contributed by atoms with Gasteiger partial charge in [-0.15, -0.1) is 0 Å². The van der Waals surface area contributed by atoms with E-state index in [1.807, 2.05) is 7.05 Å². The van der Waals surface area contributed by atoms with Crippen molar-refractivity contribution in [1.82, 2.24) is 15.1 Å². The minimum Gasteiger partial charge on any atom is -0.469 e. The van der Waals surface area contributed by atoms with E-state index in [0.29, 0.717) is 30.8 Å². The van der Waals surface area contributed by atoms with Crippen molar-refractivity contribution in [1.29, 1.82) is 0 Å². The molecule has 0 radical (unpaired) electrons. The van der Waals surface area contributed by atoms with Gasteiger partial charge in [0.15, 0.2) is 9.84 Å². The molecular weight excluding hydrogens is 394 g/mol. The third-order valence-corrected chi connectivity index (χ3v) is 7.12. The van der Waals surface area contributed by atoms with Crippen molar-refractivity contribution < 1.29 is 22.7 Å². The molecule has 0 aliphatic carbocycles. The van der Waals surface area contributed by atoms with E-state index >= 15 is 0 Å². The number of sulfone groups is 1. The van der Waals surface area contributed by atoms with Crippen molar-refractivity contribution in [3.8, 4) is 0 Å². The number of likely N-dealkylation sites (tertiary alicyclic amines) is 1. The Morgan fingerprint density at radius 1 is 1.28 bits per heavy atom. The van der Waals surface area contributed by atoms with Crippen LogP contribution in [0.25, 0.3) is 0 Å². The molecule has 0 bridgehead atoms. The van der Waals surface area contributed by atoms with Gasteiger partial charge in [0.05, 0.1) is 12.0 Å². The van der Waals surface area contributed by atoms with E-state index in [1.54, 1.807) is 24.3 Å². The average Bonchev–Trinajstić information content (AvgIpc) is 3.05. The van der Waals surface area contributed by atoms with E-state index in [0.717, 1.165) is 18.5 Å². The summed E-state index contributed by atoms with van der Waals surface area (Å²) in [7, 11) is 0.178. The standard InChI is InChI=1S/C20H29N3O5S/c1-22-15(6-9-18(24)28-2)12-21-20(25)19-17(22)10-11-23(19)13-14-4-7-16(8-5-14)29(3,26)27/h4-5,7-8,15,17,19H,6,9-13H2,1-3H3,(H,21,25). The minimum absolute atomic E-state index is 0.00711. The Morgan fingerprint density at radius 2 is 1.97 bits per heavy atom. The van der Waals surface area contributed by atoms with Crippen LogP contribution in [0.5, 0.6) is 0 Å². The molecule has 3 unspecified atom stereocenters. The molecule has 1 amide bonds. The SMILES string of the molecule is COC(=O)CCC1CNC(=O)C2C(CCN2Cc2ccc(S(C)(=O)=O)cc2)N1C. The van der Waals surface area contributed by atoms with Gasteiger partial charge in [0.1, 0.15) is 6.04 Å². The summed E-state index contributed by atoms with van der Waals surface area (Å²) in [6.45, 7) is 1.88. The Morgan fingerprint density at radius 3 is 2.59 bits per heavy atom. The van der Waals surface area contributed by atoms with Crippen molar-refractivity contribution in [2.24, 2.45) is 0 Å². The van der Waals surface area contributed by atoms with Gasteiger partial charge in [-0.1, -0.05) is 12.1 Å². The Balaban J connectivity index is 1.70. The molecule has 1 aromatic carbocycles. The molecule has 0 spiro atoms. The van der Waals surface area contributed by atoms with Crippen LogP contribution in [0.1, 0.15) is 24.8 Å². The highest BCUT2D eigenvalue weighted by molar-refractivity contribution is 7.90. The largest absolute Gasteiger partial charge is 0.469 e. The fraction of sp³-hybridized carbons (Fsp3) is 0.600. The summed E-state index contributed by atoms with van der Waals surface area (Å²) >= 11 is 0. The van der Waals surface area contributed by atoms with Crippen LogP contribution in [-0.2, 0) is 30.7 Å². The molecule has 29 heavy (non-hydrogen) atoms. The third-order valence-electron chi connectivity index (χ3n) is 6.00. The van der Waals surface area contributed by atoms with Crippen molar-refractivity contribution in [2.75, 3.05) is 33.5 Å². The molecule has 1 aromatic rings. The van der Waals surface area contributed by atoms with Gasteiger partial charge in [0.25, 0.3) is 0 Å². The molecule has 8 nitrogen and oxygen atoms in total. The fourth-order valence-electron chi connectivity index (χ4n) is 4.29. The quantitative estimate of drug-likeness (QED) is 0.663. The zero-order chi connectivity index (χ0) is 21.2. The van der Waals surface area contributed by atoms with Crippen LogP contribution in [0.4, 0.5) is 0 Å². The van der Waals surface area contributed by atoms with E-state index in [9.17, 15) is 18.0 Å². The number of hydrogen-bond acceptors (Lipinski definition) is 7. The predicted octanol–water partition coefficient (Wildman–Crippen LogP) is 0.416. The first-order valence-electron chi connectivity index (χ1n) is 9.80. The highest BCUT2D eigenvalue weighted by Crippen LogP contribution is 2.28. The lowest BCUT2D eigenvalue weighted by atomic mass is 10.0. The average molecular weight is 424 g/mol. The Labute approximate surface area is 172 Å². The van der Waals surface area contributed by atoms with E-state index in [1.165, 1.54) is 13.4 Å². The van der Waals surface area contributed by atoms with E-state index < -0.39 is 9.84 Å². The zero-order valence-electron chi connectivity index (χ0n) is 17.1. The van der Waals surface area contributed by atoms with Gasteiger partial charge in [-0.25, -0.2) is 8.42 Å². The zero-order valence-corrected chi connectivity index (χ0v) is 17.9. The minimum atomic E-state index is -3.22. The number of likely N-dealkylation sites (N-methyl/N-ethyl adjacent to an activating group) is 1. The summed E-state index contributed by atoms with van der Waals surface area (Å²) in [6, 6.07) is 6.73. The predicted molar refractivity (Wildman–Crippen MR) is 108 cm³/mol. The molecule has 2 aliphatic rings. The number of nitrogens with zero attached hydrogens (tertiary/aromatic N) is 2. The first-order valence-corrected chi connectivity index (χ1v) is 11.7. The van der Waals surface area contributed by atoms with Gasteiger partial charge in [-0.05, 0) is 37.6 Å². The topological polar surface area (TPSA) is 96.0 Å². The van der Waals surface area contributed by atoms with Crippen LogP contribution in [0.2, 0.25) is 0 Å². The fourth-order valence-corrected chi connectivity index (χ4v) is 4.92. The number of amides is 1. The number of carbonyl (C=O) groups excluding carboxylic acids is 2. The lowest BCUT2D eigenvalue weighted by Crippen LogP contribution is -2.49. The smallest absolute Gasteiger partial charge is 0.305 e. The summed E-state index contributed by atoms with van der Waals surface area (Å²) < 4.78 is 28.0. The lowest BCUT2D eigenvalue weighted by molar-refractivity contribution is -0.141. The molecule has 2 heterocycles. The van der Waals surface area contributed by atoms with E-state index in [2.05, 4.69) is 15.1 Å². The van der Waals surface area contributed by atoms with Gasteiger partial charge in [-0.2, -0.15) is 0 Å². The van der Waals surface area contributed by atoms with Crippen molar-refractivity contribution in [3.63, 3.8) is 0 Å². The molecule has 2 aliphatic heterocycles. The van der Waals surface area contributed by atoms with Crippen LogP contribution < -0.4 is 5.32 Å². The van der Waals surface area contributed by atoms with Gasteiger partial charge in [-0.3, -0.25) is 19.4 Å². The first-order chi connectivity index (χ1) is 13.7. The summed E-state index contributed by atoms with van der Waals surface area (Å²) in [4.78, 5) is 29.0. The monoisotopic (exact) mass is 423 g/mol. The molecular formula is C20H29N3O5S. The summed E-state index contributed by atoms with van der Waals surface area (Å²) in [5.41, 5.74) is 0.972. The number of fused-ring (bicyclic) bond motifs is 1. The number of rotatable bonds is 6. The molecule has 3 rings (SSSR count). The number of hydrogen-bond donors (Lipinski definition) is 1. The number of carbonyl (C=O) groups is 2. The molecule has 2 saturated heterocycles. The van der Waals surface area contributed by atoms with Crippen molar-refractivity contribution in [3.05, 3.63) is 29.8 Å². The molecule has 0 saturated carbocycles. The number of methoxy groups -OCH3 is 1. The summed E-state index contributed by atoms with van der Waals surface area (Å²) in [6.07, 6.45) is 3.02. The number of esters is 1. The highest BCUT2D eigenvalue weighted by Gasteiger charge is 2.44. The molecule has 0 aromatic heterocycles. The molecule has 160 valence electrons. The molecule has 3 atom stereocenters. The highest BCUT2D eigenvalue weighted by atomic mass is 32.2. The molecule has 1 N–H and O–H groups in total. The third kappa shape index (κ3) is 4.96. The maximum atomic E-state index is 12.8. The Hall–Kier alpha value is -1.97. The number of benzene rings is 1. The first kappa shape index (κ1) is 21.7. The lowest BCUT2D eigenvalue weighted by Gasteiger charge is -2.33. The van der Waals surface area contributed by atoms with Crippen LogP contribution >= 0.6 is 0 Å². The van der Waals surface area contributed by atoms with Gasteiger partial charge >= 0.3 is 5.97 Å². The number of ether oxygens (including phenoxy) is 1. The van der Waals surface area contributed by atoms with Crippen LogP contribution in [0, 0.1) is 0 Å². The molecule has 2 fully saturated rings. The van der Waals surface area contributed by atoms with Crippen molar-refractivity contribution in [2.45, 2.75) is 48.8 Å². The van der Waals surface area contributed by atoms with Crippen LogP contribution in [0.3, 0.4) is 0 Å².